The molecule has 2 aromatic carbocycles. The maximum atomic E-state index is 12.3. The van der Waals surface area contributed by atoms with Crippen LogP contribution < -0.4 is 14.8 Å². The number of para-hydroxylation sites is 3. The van der Waals surface area contributed by atoms with E-state index in [1.165, 1.54) is 0 Å². The average Bonchev–Trinajstić information content (AvgIpc) is 2.71. The second-order valence-electron chi connectivity index (χ2n) is 5.74. The molecule has 0 fully saturated rings. The number of carbonyl (C=O) groups excluding carboxylic acids is 1. The molecule has 0 aliphatic heterocycles. The Kier molecular flexibility index (Phi) is 8.50. The van der Waals surface area contributed by atoms with Gasteiger partial charge in [0.05, 0.1) is 12.2 Å². The molecule has 0 spiro atoms. The molecule has 5 nitrogen and oxygen atoms in total. The summed E-state index contributed by atoms with van der Waals surface area (Å²) in [6.45, 7) is 9.34. The Hall–Kier alpha value is -3.21. The molecule has 0 aliphatic carbocycles. The second kappa shape index (κ2) is 11.4. The van der Waals surface area contributed by atoms with Gasteiger partial charge in [0.2, 0.25) is 5.91 Å². The van der Waals surface area contributed by atoms with Crippen molar-refractivity contribution in [3.8, 4) is 11.5 Å². The minimum absolute atomic E-state index is 0.0305. The molecule has 0 saturated heterocycles. The van der Waals surface area contributed by atoms with Crippen LogP contribution in [-0.2, 0) is 4.79 Å². The van der Waals surface area contributed by atoms with E-state index in [1.807, 2.05) is 54.6 Å². The lowest BCUT2D eigenvalue weighted by Gasteiger charge is -2.20. The summed E-state index contributed by atoms with van der Waals surface area (Å²) in [5.41, 5.74) is 0.766. The molecule has 0 saturated carbocycles. The van der Waals surface area contributed by atoms with Crippen LogP contribution in [0.5, 0.6) is 11.5 Å². The van der Waals surface area contributed by atoms with Gasteiger partial charge in [0.15, 0.2) is 0 Å². The van der Waals surface area contributed by atoms with Crippen molar-refractivity contribution in [3.05, 3.63) is 79.9 Å². The first kappa shape index (κ1) is 20.1. The van der Waals surface area contributed by atoms with Gasteiger partial charge in [-0.2, -0.15) is 0 Å². The van der Waals surface area contributed by atoms with Crippen molar-refractivity contribution in [2.45, 2.75) is 0 Å². The van der Waals surface area contributed by atoms with Crippen molar-refractivity contribution in [1.29, 1.82) is 0 Å². The first-order valence-corrected chi connectivity index (χ1v) is 8.87. The quantitative estimate of drug-likeness (QED) is 0.459. The lowest BCUT2D eigenvalue weighted by molar-refractivity contribution is -0.128. The van der Waals surface area contributed by atoms with Crippen LogP contribution in [0, 0.1) is 0 Å². The Labute approximate surface area is 160 Å². The SMILES string of the molecule is C=CCN(CC=C)C(=O)CNc1ccccc1OCCOc1ccccc1. The van der Waals surface area contributed by atoms with Gasteiger partial charge in [0, 0.05) is 13.1 Å². The van der Waals surface area contributed by atoms with Gasteiger partial charge in [-0.05, 0) is 24.3 Å². The first-order chi connectivity index (χ1) is 13.2. The van der Waals surface area contributed by atoms with E-state index in [-0.39, 0.29) is 12.5 Å². The fraction of sp³-hybridized carbons (Fsp3) is 0.227. The van der Waals surface area contributed by atoms with Crippen LogP contribution in [-0.4, -0.2) is 43.7 Å². The van der Waals surface area contributed by atoms with E-state index in [0.717, 1.165) is 11.4 Å². The number of rotatable bonds is 12. The summed E-state index contributed by atoms with van der Waals surface area (Å²) < 4.78 is 11.4. The number of ether oxygens (including phenoxy) is 2. The number of carbonyl (C=O) groups is 1. The van der Waals surface area contributed by atoms with Crippen molar-refractivity contribution in [1.82, 2.24) is 4.90 Å². The van der Waals surface area contributed by atoms with Gasteiger partial charge in [-0.15, -0.1) is 13.2 Å². The molecule has 0 unspecified atom stereocenters. The third-order valence-electron chi connectivity index (χ3n) is 3.72. The highest BCUT2D eigenvalue weighted by atomic mass is 16.5. The molecule has 27 heavy (non-hydrogen) atoms. The summed E-state index contributed by atoms with van der Waals surface area (Å²) in [5, 5.41) is 3.14. The molecular formula is C22H26N2O3. The van der Waals surface area contributed by atoms with Gasteiger partial charge < -0.3 is 19.7 Å². The molecule has 0 heterocycles. The topological polar surface area (TPSA) is 50.8 Å². The van der Waals surface area contributed by atoms with Gasteiger partial charge in [-0.3, -0.25) is 4.79 Å². The van der Waals surface area contributed by atoms with Crippen molar-refractivity contribution in [3.63, 3.8) is 0 Å². The molecule has 5 heteroatoms. The monoisotopic (exact) mass is 366 g/mol. The summed E-state index contributed by atoms with van der Waals surface area (Å²) in [4.78, 5) is 14.0. The molecule has 0 radical (unpaired) electrons. The maximum absolute atomic E-state index is 12.3. The van der Waals surface area contributed by atoms with Crippen molar-refractivity contribution in [2.75, 3.05) is 38.2 Å². The smallest absolute Gasteiger partial charge is 0.242 e. The van der Waals surface area contributed by atoms with Crippen LogP contribution in [0.3, 0.4) is 0 Å². The van der Waals surface area contributed by atoms with Gasteiger partial charge >= 0.3 is 0 Å². The fourth-order valence-corrected chi connectivity index (χ4v) is 2.44. The molecule has 0 bridgehead atoms. The Balaban J connectivity index is 1.84. The second-order valence-corrected chi connectivity index (χ2v) is 5.74. The van der Waals surface area contributed by atoms with E-state index in [9.17, 15) is 4.79 Å². The van der Waals surface area contributed by atoms with Gasteiger partial charge in [-0.1, -0.05) is 42.5 Å². The molecule has 1 amide bonds. The Morgan fingerprint density at radius 1 is 0.926 bits per heavy atom. The molecule has 0 aliphatic rings. The van der Waals surface area contributed by atoms with E-state index >= 15 is 0 Å². The highest BCUT2D eigenvalue weighted by molar-refractivity contribution is 5.81. The van der Waals surface area contributed by atoms with Crippen molar-refractivity contribution >= 4 is 11.6 Å². The maximum Gasteiger partial charge on any atom is 0.242 e. The van der Waals surface area contributed by atoms with E-state index in [4.69, 9.17) is 9.47 Å². The standard InChI is InChI=1S/C22H26N2O3/c1-3-14-24(15-4-2)22(25)18-23-20-12-8-9-13-21(20)27-17-16-26-19-10-6-5-7-11-19/h3-13,23H,1-2,14-18H2. The number of nitrogens with zero attached hydrogens (tertiary/aromatic N) is 1. The van der Waals surface area contributed by atoms with Crippen LogP contribution in [0.25, 0.3) is 0 Å². The molecule has 0 atom stereocenters. The normalized spacial score (nSPS) is 9.93. The predicted molar refractivity (Wildman–Crippen MR) is 109 cm³/mol. The lowest BCUT2D eigenvalue weighted by Crippen LogP contribution is -2.35. The number of anilines is 1. The minimum atomic E-state index is -0.0305. The number of hydrogen-bond donors (Lipinski definition) is 1. The molecular weight excluding hydrogens is 340 g/mol. The van der Waals surface area contributed by atoms with Crippen LogP contribution in [0.4, 0.5) is 5.69 Å². The zero-order valence-corrected chi connectivity index (χ0v) is 15.5. The largest absolute Gasteiger partial charge is 0.490 e. The van der Waals surface area contributed by atoms with Crippen LogP contribution in [0.2, 0.25) is 0 Å². The number of nitrogens with one attached hydrogen (secondary N) is 1. The van der Waals surface area contributed by atoms with E-state index < -0.39 is 0 Å². The lowest BCUT2D eigenvalue weighted by atomic mass is 10.3. The van der Waals surface area contributed by atoms with Gasteiger partial charge in [-0.25, -0.2) is 0 Å². The molecule has 2 aromatic rings. The van der Waals surface area contributed by atoms with E-state index in [0.29, 0.717) is 32.1 Å². The molecule has 1 N–H and O–H groups in total. The Morgan fingerprint density at radius 2 is 1.56 bits per heavy atom. The first-order valence-electron chi connectivity index (χ1n) is 8.87. The summed E-state index contributed by atoms with van der Waals surface area (Å²) >= 11 is 0. The Bertz CT molecular complexity index is 721. The molecule has 2 rings (SSSR count). The zero-order valence-electron chi connectivity index (χ0n) is 15.5. The third-order valence-corrected chi connectivity index (χ3v) is 3.72. The van der Waals surface area contributed by atoms with Gasteiger partial charge in [0.25, 0.3) is 0 Å². The van der Waals surface area contributed by atoms with E-state index in [1.54, 1.807) is 17.1 Å². The number of amides is 1. The highest BCUT2D eigenvalue weighted by Crippen LogP contribution is 2.23. The highest BCUT2D eigenvalue weighted by Gasteiger charge is 2.11. The van der Waals surface area contributed by atoms with Crippen molar-refractivity contribution < 1.29 is 14.3 Å². The van der Waals surface area contributed by atoms with Crippen molar-refractivity contribution in [2.24, 2.45) is 0 Å². The summed E-state index contributed by atoms with van der Waals surface area (Å²) in [6, 6.07) is 17.1. The predicted octanol–water partition coefficient (Wildman–Crippen LogP) is 3.76. The summed E-state index contributed by atoms with van der Waals surface area (Å²) in [5.74, 6) is 1.46. The van der Waals surface area contributed by atoms with E-state index in [2.05, 4.69) is 18.5 Å². The number of hydrogen-bond acceptors (Lipinski definition) is 4. The Morgan fingerprint density at radius 3 is 2.26 bits per heavy atom. The zero-order chi connectivity index (χ0) is 19.3. The summed E-state index contributed by atoms with van der Waals surface area (Å²) in [7, 11) is 0. The van der Waals surface area contributed by atoms with Crippen LogP contribution in [0.15, 0.2) is 79.9 Å². The summed E-state index contributed by atoms with van der Waals surface area (Å²) in [6.07, 6.45) is 3.40. The van der Waals surface area contributed by atoms with Crippen LogP contribution in [0.1, 0.15) is 0 Å². The fourth-order valence-electron chi connectivity index (χ4n) is 2.44. The van der Waals surface area contributed by atoms with Crippen LogP contribution >= 0.6 is 0 Å². The molecule has 0 aromatic heterocycles. The molecule has 142 valence electrons. The minimum Gasteiger partial charge on any atom is -0.490 e. The third kappa shape index (κ3) is 6.90. The number of benzene rings is 2. The average molecular weight is 366 g/mol. The van der Waals surface area contributed by atoms with Gasteiger partial charge in [0.1, 0.15) is 24.7 Å².